The van der Waals surface area contributed by atoms with E-state index < -0.39 is 0 Å². The molecule has 0 saturated heterocycles. The van der Waals surface area contributed by atoms with E-state index in [9.17, 15) is 14.4 Å². The summed E-state index contributed by atoms with van der Waals surface area (Å²) < 4.78 is 6.76. The van der Waals surface area contributed by atoms with Gasteiger partial charge < -0.3 is 19.9 Å². The monoisotopic (exact) mass is 373 g/mol. The van der Waals surface area contributed by atoms with Crippen LogP contribution in [0.5, 0.6) is 0 Å². The van der Waals surface area contributed by atoms with E-state index >= 15 is 0 Å². The van der Waals surface area contributed by atoms with Gasteiger partial charge in [0.15, 0.2) is 0 Å². The summed E-state index contributed by atoms with van der Waals surface area (Å²) in [5.74, 6) is -0.423. The lowest BCUT2D eigenvalue weighted by Crippen LogP contribution is -2.35. The second kappa shape index (κ2) is 10.5. The summed E-state index contributed by atoms with van der Waals surface area (Å²) >= 11 is 0. The molecule has 27 heavy (non-hydrogen) atoms. The lowest BCUT2D eigenvalue weighted by molar-refractivity contribution is -0.122. The van der Waals surface area contributed by atoms with Gasteiger partial charge in [0.1, 0.15) is 6.54 Å². The maximum atomic E-state index is 12.4. The van der Waals surface area contributed by atoms with E-state index in [1.165, 1.54) is 4.57 Å². The van der Waals surface area contributed by atoms with Crippen molar-refractivity contribution in [1.29, 1.82) is 0 Å². The maximum Gasteiger partial charge on any atom is 0.258 e. The first kappa shape index (κ1) is 20.6. The Morgan fingerprint density at radius 3 is 2.59 bits per heavy atom. The molecule has 0 saturated carbocycles. The summed E-state index contributed by atoms with van der Waals surface area (Å²) in [5.41, 5.74) is -0.204. The highest BCUT2D eigenvalue weighted by Crippen LogP contribution is 2.07. The molecule has 0 aliphatic heterocycles. The minimum atomic E-state index is -0.300. The van der Waals surface area contributed by atoms with Crippen molar-refractivity contribution in [2.75, 3.05) is 19.7 Å². The Hall–Kier alpha value is -2.67. The Kier molecular flexibility index (Phi) is 8.00. The number of amides is 2. The van der Waals surface area contributed by atoms with E-state index in [2.05, 4.69) is 10.6 Å². The second-order valence-electron chi connectivity index (χ2n) is 6.56. The Morgan fingerprint density at radius 1 is 1.07 bits per heavy atom. The number of nitrogens with zero attached hydrogens (tertiary/aromatic N) is 1. The molecule has 0 atom stereocenters. The van der Waals surface area contributed by atoms with Gasteiger partial charge in [0, 0.05) is 37.7 Å². The van der Waals surface area contributed by atoms with Gasteiger partial charge in [-0.3, -0.25) is 14.4 Å². The molecule has 146 valence electrons. The SMILES string of the molecule is CC(C)OCCCNC(=O)CCNC(=O)Cn1ccc2ccccc2c1=O. The van der Waals surface area contributed by atoms with Crippen molar-refractivity contribution in [2.45, 2.75) is 39.3 Å². The van der Waals surface area contributed by atoms with E-state index in [0.717, 1.165) is 11.8 Å². The lowest BCUT2D eigenvalue weighted by atomic mass is 10.2. The first-order valence-electron chi connectivity index (χ1n) is 9.20. The molecule has 2 amide bonds. The number of benzene rings is 1. The summed E-state index contributed by atoms with van der Waals surface area (Å²) in [4.78, 5) is 36.1. The van der Waals surface area contributed by atoms with Crippen LogP contribution in [0.3, 0.4) is 0 Å². The number of carbonyl (C=O) groups excluding carboxylic acids is 2. The normalized spacial score (nSPS) is 10.9. The first-order valence-corrected chi connectivity index (χ1v) is 9.20. The quantitative estimate of drug-likeness (QED) is 0.617. The summed E-state index contributed by atoms with van der Waals surface area (Å²) in [5, 5.41) is 6.87. The highest BCUT2D eigenvalue weighted by atomic mass is 16.5. The van der Waals surface area contributed by atoms with Crippen molar-refractivity contribution in [3.05, 3.63) is 46.9 Å². The molecule has 0 unspecified atom stereocenters. The molecule has 0 aliphatic rings. The van der Waals surface area contributed by atoms with Crippen molar-refractivity contribution in [3.63, 3.8) is 0 Å². The molecule has 0 fully saturated rings. The highest BCUT2D eigenvalue weighted by Gasteiger charge is 2.08. The molecule has 1 aromatic heterocycles. The van der Waals surface area contributed by atoms with Crippen LogP contribution in [0.4, 0.5) is 0 Å². The van der Waals surface area contributed by atoms with Crippen LogP contribution in [0.15, 0.2) is 41.3 Å². The molecule has 0 spiro atoms. The van der Waals surface area contributed by atoms with Gasteiger partial charge in [0.2, 0.25) is 11.8 Å². The Morgan fingerprint density at radius 2 is 1.81 bits per heavy atom. The van der Waals surface area contributed by atoms with E-state index in [4.69, 9.17) is 4.74 Å². The average Bonchev–Trinajstić information content (AvgIpc) is 2.64. The number of hydrogen-bond acceptors (Lipinski definition) is 4. The number of nitrogens with one attached hydrogen (secondary N) is 2. The molecule has 1 heterocycles. The summed E-state index contributed by atoms with van der Waals surface area (Å²) in [6.45, 7) is 5.25. The van der Waals surface area contributed by atoms with Crippen LogP contribution in [0.25, 0.3) is 10.8 Å². The summed E-state index contributed by atoms with van der Waals surface area (Å²) in [7, 11) is 0. The second-order valence-corrected chi connectivity index (χ2v) is 6.56. The molecular weight excluding hydrogens is 346 g/mol. The molecule has 0 bridgehead atoms. The fourth-order valence-corrected chi connectivity index (χ4v) is 2.59. The standard InChI is InChI=1S/C20H27N3O4/c1-15(2)27-13-5-10-21-18(24)8-11-22-19(25)14-23-12-9-16-6-3-4-7-17(16)20(23)26/h3-4,6-7,9,12,15H,5,8,10-11,13-14H2,1-2H3,(H,21,24)(H,22,25). The highest BCUT2D eigenvalue weighted by molar-refractivity contribution is 5.82. The van der Waals surface area contributed by atoms with Gasteiger partial charge in [-0.25, -0.2) is 0 Å². The fourth-order valence-electron chi connectivity index (χ4n) is 2.59. The van der Waals surface area contributed by atoms with Gasteiger partial charge in [-0.05, 0) is 37.8 Å². The Balaban J connectivity index is 1.70. The van der Waals surface area contributed by atoms with E-state index in [1.54, 1.807) is 24.4 Å². The lowest BCUT2D eigenvalue weighted by Gasteiger charge is -2.10. The molecule has 2 rings (SSSR count). The van der Waals surface area contributed by atoms with E-state index in [1.807, 2.05) is 26.0 Å². The third kappa shape index (κ3) is 6.86. The zero-order valence-electron chi connectivity index (χ0n) is 15.9. The van der Waals surface area contributed by atoms with Crippen LogP contribution in [0.1, 0.15) is 26.7 Å². The third-order valence-electron chi connectivity index (χ3n) is 3.97. The number of rotatable bonds is 10. The van der Waals surface area contributed by atoms with Crippen molar-refractivity contribution >= 4 is 22.6 Å². The largest absolute Gasteiger partial charge is 0.379 e. The number of hydrogen-bond donors (Lipinski definition) is 2. The van der Waals surface area contributed by atoms with Crippen LogP contribution in [-0.4, -0.2) is 42.2 Å². The van der Waals surface area contributed by atoms with Gasteiger partial charge >= 0.3 is 0 Å². The van der Waals surface area contributed by atoms with Crippen molar-refractivity contribution in [2.24, 2.45) is 0 Å². The molecule has 0 aliphatic carbocycles. The first-order chi connectivity index (χ1) is 13.0. The summed E-state index contributed by atoms with van der Waals surface area (Å²) in [6.07, 6.45) is 2.74. The topological polar surface area (TPSA) is 89.4 Å². The van der Waals surface area contributed by atoms with Crippen molar-refractivity contribution in [3.8, 4) is 0 Å². The van der Waals surface area contributed by atoms with Crippen LogP contribution < -0.4 is 16.2 Å². The predicted molar refractivity (Wildman–Crippen MR) is 105 cm³/mol. The van der Waals surface area contributed by atoms with E-state index in [-0.39, 0.29) is 43.0 Å². The Labute approximate surface area is 158 Å². The van der Waals surface area contributed by atoms with Crippen LogP contribution in [0, 0.1) is 0 Å². The van der Waals surface area contributed by atoms with Crippen LogP contribution in [0.2, 0.25) is 0 Å². The van der Waals surface area contributed by atoms with Crippen molar-refractivity contribution in [1.82, 2.24) is 15.2 Å². The Bertz CT molecular complexity index is 829. The predicted octanol–water partition coefficient (Wildman–Crippen LogP) is 1.44. The number of aromatic nitrogens is 1. The van der Waals surface area contributed by atoms with E-state index in [0.29, 0.717) is 18.5 Å². The van der Waals surface area contributed by atoms with Crippen LogP contribution in [-0.2, 0) is 20.9 Å². The molecule has 2 N–H and O–H groups in total. The third-order valence-corrected chi connectivity index (χ3v) is 3.97. The molecule has 1 aromatic carbocycles. The summed E-state index contributed by atoms with van der Waals surface area (Å²) in [6, 6.07) is 9.06. The molecule has 7 nitrogen and oxygen atoms in total. The van der Waals surface area contributed by atoms with Gasteiger partial charge in [-0.15, -0.1) is 0 Å². The van der Waals surface area contributed by atoms with Gasteiger partial charge in [0.05, 0.1) is 6.10 Å². The molecule has 0 radical (unpaired) electrons. The minimum absolute atomic E-state index is 0.0716. The van der Waals surface area contributed by atoms with Crippen molar-refractivity contribution < 1.29 is 14.3 Å². The number of fused-ring (bicyclic) bond motifs is 1. The number of ether oxygens (including phenoxy) is 1. The zero-order valence-corrected chi connectivity index (χ0v) is 15.9. The smallest absolute Gasteiger partial charge is 0.258 e. The van der Waals surface area contributed by atoms with Gasteiger partial charge in [-0.1, -0.05) is 18.2 Å². The average molecular weight is 373 g/mol. The fraction of sp³-hybridized carbons (Fsp3) is 0.450. The number of pyridine rings is 1. The molecule has 2 aromatic rings. The van der Waals surface area contributed by atoms with Crippen LogP contribution >= 0.6 is 0 Å². The molecule has 7 heteroatoms. The maximum absolute atomic E-state index is 12.4. The zero-order chi connectivity index (χ0) is 19.6. The number of carbonyl (C=O) groups is 2. The molecular formula is C20H27N3O4. The van der Waals surface area contributed by atoms with Gasteiger partial charge in [-0.2, -0.15) is 0 Å². The minimum Gasteiger partial charge on any atom is -0.379 e. The van der Waals surface area contributed by atoms with Gasteiger partial charge in [0.25, 0.3) is 5.56 Å².